The molecule has 0 atom stereocenters. The van der Waals surface area contributed by atoms with E-state index in [4.69, 9.17) is 0 Å². The second-order valence-electron chi connectivity index (χ2n) is 7.52. The summed E-state index contributed by atoms with van der Waals surface area (Å²) in [6, 6.07) is 30.5. The number of benzene rings is 5. The lowest BCUT2D eigenvalue weighted by atomic mass is 10.0. The first-order valence-electron chi connectivity index (χ1n) is 10.3. The highest BCUT2D eigenvalue weighted by atomic mass is 16.3. The van der Waals surface area contributed by atoms with Crippen LogP contribution in [0.2, 0.25) is 0 Å². The molecule has 32 heavy (non-hydrogen) atoms. The quantitative estimate of drug-likeness (QED) is 0.313. The molecule has 0 aromatic heterocycles. The van der Waals surface area contributed by atoms with E-state index in [0.29, 0.717) is 11.3 Å². The average Bonchev–Trinajstić information content (AvgIpc) is 2.83. The van der Waals surface area contributed by atoms with E-state index in [1.807, 2.05) is 84.9 Å². The minimum absolute atomic E-state index is 0.149. The summed E-state index contributed by atoms with van der Waals surface area (Å²) in [5.74, 6) is 0.350. The number of phenolic OH excluding ortho intramolecular Hbond substituents is 2. The Labute approximate surface area is 185 Å². The summed E-state index contributed by atoms with van der Waals surface area (Å²) in [4.78, 5) is 8.97. The van der Waals surface area contributed by atoms with Crippen molar-refractivity contribution in [2.45, 2.75) is 0 Å². The molecule has 4 nitrogen and oxygen atoms in total. The molecule has 0 amide bonds. The van der Waals surface area contributed by atoms with Crippen molar-refractivity contribution in [2.75, 3.05) is 0 Å². The molecule has 5 aromatic carbocycles. The summed E-state index contributed by atoms with van der Waals surface area (Å²) < 4.78 is 0. The molecule has 0 aliphatic heterocycles. The van der Waals surface area contributed by atoms with Crippen LogP contribution in [0.25, 0.3) is 21.5 Å². The molecule has 154 valence electrons. The van der Waals surface area contributed by atoms with Crippen molar-refractivity contribution in [3.63, 3.8) is 0 Å². The van der Waals surface area contributed by atoms with E-state index in [1.54, 1.807) is 24.6 Å². The molecule has 0 bridgehead atoms. The molecule has 0 aliphatic rings. The van der Waals surface area contributed by atoms with Crippen LogP contribution in [0.4, 0.5) is 11.4 Å². The Morgan fingerprint density at radius 2 is 1.25 bits per heavy atom. The van der Waals surface area contributed by atoms with Crippen molar-refractivity contribution in [3.8, 4) is 11.5 Å². The molecular formula is C28H20N2O2. The third kappa shape index (κ3) is 3.94. The standard InChI is InChI=1S/C28H20N2O2/c31-27-14-11-20-5-3-4-8-24(20)25(27)18-29-23-12-9-19(10-13-23)17-30-26-15-21-6-1-2-7-22(21)16-28(26)32/h1-18,31-32H. The summed E-state index contributed by atoms with van der Waals surface area (Å²) >= 11 is 0. The molecule has 0 spiro atoms. The van der Waals surface area contributed by atoms with Gasteiger partial charge in [0.1, 0.15) is 17.2 Å². The van der Waals surface area contributed by atoms with Crippen LogP contribution in [0.5, 0.6) is 11.5 Å². The van der Waals surface area contributed by atoms with Crippen LogP contribution in [0.3, 0.4) is 0 Å². The molecule has 0 fully saturated rings. The topological polar surface area (TPSA) is 65.2 Å². The van der Waals surface area contributed by atoms with Crippen LogP contribution in [-0.4, -0.2) is 22.6 Å². The van der Waals surface area contributed by atoms with E-state index in [2.05, 4.69) is 9.98 Å². The number of nitrogens with zero attached hydrogens (tertiary/aromatic N) is 2. The van der Waals surface area contributed by atoms with E-state index in [-0.39, 0.29) is 11.5 Å². The third-order valence-corrected chi connectivity index (χ3v) is 5.38. The maximum absolute atomic E-state index is 10.3. The highest BCUT2D eigenvalue weighted by Gasteiger charge is 2.05. The molecule has 0 heterocycles. The summed E-state index contributed by atoms with van der Waals surface area (Å²) in [6.07, 6.45) is 3.40. The smallest absolute Gasteiger partial charge is 0.141 e. The molecule has 2 N–H and O–H groups in total. The van der Waals surface area contributed by atoms with Gasteiger partial charge in [-0.25, -0.2) is 0 Å². The average molecular weight is 416 g/mol. The Bertz CT molecular complexity index is 1490. The minimum atomic E-state index is 0.149. The fourth-order valence-electron chi connectivity index (χ4n) is 3.67. The van der Waals surface area contributed by atoms with Gasteiger partial charge in [-0.05, 0) is 57.4 Å². The number of aliphatic imine (C=N–C) groups is 2. The van der Waals surface area contributed by atoms with Crippen LogP contribution < -0.4 is 0 Å². The van der Waals surface area contributed by atoms with Crippen molar-refractivity contribution in [3.05, 3.63) is 108 Å². The van der Waals surface area contributed by atoms with Gasteiger partial charge in [-0.1, -0.05) is 66.7 Å². The lowest BCUT2D eigenvalue weighted by molar-refractivity contribution is 0.475. The summed E-state index contributed by atoms with van der Waals surface area (Å²) in [5, 5.41) is 24.5. The fraction of sp³-hybridized carbons (Fsp3) is 0. The van der Waals surface area contributed by atoms with Crippen LogP contribution in [0.1, 0.15) is 11.1 Å². The van der Waals surface area contributed by atoms with Gasteiger partial charge in [0, 0.05) is 18.0 Å². The number of hydrogen-bond acceptors (Lipinski definition) is 4. The van der Waals surface area contributed by atoms with Gasteiger partial charge in [0.25, 0.3) is 0 Å². The zero-order valence-electron chi connectivity index (χ0n) is 17.2. The first kappa shape index (κ1) is 19.5. The maximum atomic E-state index is 10.3. The Kier molecular flexibility index (Phi) is 5.10. The van der Waals surface area contributed by atoms with Crippen molar-refractivity contribution in [2.24, 2.45) is 9.98 Å². The lowest BCUT2D eigenvalue weighted by Gasteiger charge is -2.04. The van der Waals surface area contributed by atoms with Crippen molar-refractivity contribution in [1.82, 2.24) is 0 Å². The summed E-state index contributed by atoms with van der Waals surface area (Å²) in [7, 11) is 0. The van der Waals surface area contributed by atoms with Gasteiger partial charge in [0.15, 0.2) is 0 Å². The number of phenols is 2. The van der Waals surface area contributed by atoms with Crippen LogP contribution in [-0.2, 0) is 0 Å². The molecule has 0 aliphatic carbocycles. The summed E-state index contributed by atoms with van der Waals surface area (Å²) in [6.45, 7) is 0. The Balaban J connectivity index is 1.37. The summed E-state index contributed by atoms with van der Waals surface area (Å²) in [5.41, 5.74) is 2.88. The molecule has 0 unspecified atom stereocenters. The fourth-order valence-corrected chi connectivity index (χ4v) is 3.67. The first-order valence-corrected chi connectivity index (χ1v) is 10.3. The second kappa shape index (κ2) is 8.36. The van der Waals surface area contributed by atoms with E-state index in [0.717, 1.165) is 32.8 Å². The van der Waals surface area contributed by atoms with Crippen LogP contribution in [0, 0.1) is 0 Å². The van der Waals surface area contributed by atoms with Gasteiger partial charge in [-0.15, -0.1) is 0 Å². The van der Waals surface area contributed by atoms with Crippen molar-refractivity contribution in [1.29, 1.82) is 0 Å². The number of rotatable bonds is 4. The molecule has 0 saturated heterocycles. The maximum Gasteiger partial charge on any atom is 0.141 e. The molecule has 4 heteroatoms. The third-order valence-electron chi connectivity index (χ3n) is 5.38. The predicted octanol–water partition coefficient (Wildman–Crippen LogP) is 6.91. The minimum Gasteiger partial charge on any atom is -0.507 e. The Hall–Kier alpha value is -4.44. The zero-order valence-corrected chi connectivity index (χ0v) is 17.2. The monoisotopic (exact) mass is 416 g/mol. The van der Waals surface area contributed by atoms with Gasteiger partial charge in [-0.3, -0.25) is 9.98 Å². The van der Waals surface area contributed by atoms with Gasteiger partial charge < -0.3 is 10.2 Å². The zero-order chi connectivity index (χ0) is 21.9. The largest absolute Gasteiger partial charge is 0.507 e. The normalized spacial score (nSPS) is 11.8. The van der Waals surface area contributed by atoms with E-state index in [9.17, 15) is 10.2 Å². The highest BCUT2D eigenvalue weighted by Crippen LogP contribution is 2.31. The van der Waals surface area contributed by atoms with Crippen LogP contribution >= 0.6 is 0 Å². The van der Waals surface area contributed by atoms with E-state index < -0.39 is 0 Å². The molecule has 0 radical (unpaired) electrons. The van der Waals surface area contributed by atoms with E-state index in [1.165, 1.54) is 0 Å². The van der Waals surface area contributed by atoms with E-state index >= 15 is 0 Å². The van der Waals surface area contributed by atoms with Crippen molar-refractivity contribution >= 4 is 45.3 Å². The second-order valence-corrected chi connectivity index (χ2v) is 7.52. The van der Waals surface area contributed by atoms with Gasteiger partial charge in [-0.2, -0.15) is 0 Å². The molecule has 5 aromatic rings. The number of hydrogen-bond donors (Lipinski definition) is 2. The van der Waals surface area contributed by atoms with Gasteiger partial charge >= 0.3 is 0 Å². The number of fused-ring (bicyclic) bond motifs is 2. The molecular weight excluding hydrogens is 396 g/mol. The number of aromatic hydroxyl groups is 2. The van der Waals surface area contributed by atoms with Gasteiger partial charge in [0.2, 0.25) is 0 Å². The SMILES string of the molecule is Oc1cc2ccccc2cc1N=Cc1ccc(N=Cc2c(O)ccc3ccccc23)cc1. The molecule has 5 rings (SSSR count). The first-order chi connectivity index (χ1) is 15.7. The highest BCUT2D eigenvalue weighted by molar-refractivity contribution is 6.03. The van der Waals surface area contributed by atoms with Crippen molar-refractivity contribution < 1.29 is 10.2 Å². The Morgan fingerprint density at radius 3 is 2.03 bits per heavy atom. The lowest BCUT2D eigenvalue weighted by Crippen LogP contribution is -1.86. The van der Waals surface area contributed by atoms with Gasteiger partial charge in [0.05, 0.1) is 5.69 Å². The Morgan fingerprint density at radius 1 is 0.562 bits per heavy atom. The van der Waals surface area contributed by atoms with Crippen LogP contribution in [0.15, 0.2) is 107 Å². The predicted molar refractivity (Wildman–Crippen MR) is 132 cm³/mol. The molecule has 0 saturated carbocycles.